The fraction of sp³-hybridized carbons (Fsp3) is 0.100. The number of furan rings is 1. The Balaban J connectivity index is 1.60. The molecule has 0 spiro atoms. The molecule has 1 fully saturated rings. The molecule has 0 aliphatic carbocycles. The van der Waals surface area contributed by atoms with Crippen LogP contribution in [0.5, 0.6) is 5.75 Å². The smallest absolute Gasteiger partial charge is 0.284 e. The summed E-state index contributed by atoms with van der Waals surface area (Å²) in [7, 11) is 1.42. The van der Waals surface area contributed by atoms with Crippen molar-refractivity contribution < 1.29 is 23.7 Å². The van der Waals surface area contributed by atoms with E-state index >= 15 is 0 Å². The predicted octanol–water partition coefficient (Wildman–Crippen LogP) is 6.23. The van der Waals surface area contributed by atoms with E-state index in [9.17, 15) is 19.7 Å². The number of carbonyl (C=O) groups excluding carboxylic acids is 2. The number of nitro benzene ring substituents is 1. The average molecular weight is 554 g/mol. The van der Waals surface area contributed by atoms with Gasteiger partial charge in [-0.3, -0.25) is 29.5 Å². The second kappa shape index (κ2) is 10.6. The fourth-order valence-electron chi connectivity index (χ4n) is 4.34. The van der Waals surface area contributed by atoms with Gasteiger partial charge in [0.05, 0.1) is 35.0 Å². The molecule has 1 aliphatic heterocycles. The summed E-state index contributed by atoms with van der Waals surface area (Å²) in [5, 5.41) is 11.7. The molecule has 4 aromatic rings. The number of hydrogen-bond donors (Lipinski definition) is 0. The van der Waals surface area contributed by atoms with Gasteiger partial charge < -0.3 is 9.15 Å². The molecule has 5 rings (SSSR count). The van der Waals surface area contributed by atoms with Crippen LogP contribution in [-0.2, 0) is 9.59 Å². The third-order valence-electron chi connectivity index (χ3n) is 6.59. The van der Waals surface area contributed by atoms with Gasteiger partial charge in [0.15, 0.2) is 5.11 Å². The quantitative estimate of drug-likeness (QED) is 0.0916. The van der Waals surface area contributed by atoms with Crippen LogP contribution < -0.4 is 14.5 Å². The van der Waals surface area contributed by atoms with E-state index in [4.69, 9.17) is 21.4 Å². The minimum absolute atomic E-state index is 0.0237. The summed E-state index contributed by atoms with van der Waals surface area (Å²) in [5.41, 5.74) is 2.85. The number of anilines is 2. The third kappa shape index (κ3) is 4.76. The number of ether oxygens (including phenoxy) is 1. The van der Waals surface area contributed by atoms with E-state index in [0.29, 0.717) is 17.1 Å². The van der Waals surface area contributed by atoms with Crippen LogP contribution in [0.4, 0.5) is 17.1 Å². The molecule has 3 aromatic carbocycles. The molecule has 2 heterocycles. The van der Waals surface area contributed by atoms with Crippen molar-refractivity contribution in [2.75, 3.05) is 16.9 Å². The van der Waals surface area contributed by atoms with Gasteiger partial charge in [0, 0.05) is 0 Å². The number of methoxy groups -OCH3 is 1. The maximum atomic E-state index is 13.8. The number of thiocarbonyl (C=S) groups is 1. The summed E-state index contributed by atoms with van der Waals surface area (Å²) < 4.78 is 11.0. The summed E-state index contributed by atoms with van der Waals surface area (Å²) in [6.45, 7) is 3.89. The first-order valence-electron chi connectivity index (χ1n) is 12.2. The van der Waals surface area contributed by atoms with Crippen molar-refractivity contribution in [2.45, 2.75) is 13.8 Å². The maximum absolute atomic E-state index is 13.8. The van der Waals surface area contributed by atoms with Crippen molar-refractivity contribution in [3.63, 3.8) is 0 Å². The van der Waals surface area contributed by atoms with Gasteiger partial charge in [0.1, 0.15) is 22.8 Å². The van der Waals surface area contributed by atoms with Crippen LogP contribution in [0.15, 0.2) is 88.9 Å². The minimum Gasteiger partial charge on any atom is -0.497 e. The highest BCUT2D eigenvalue weighted by atomic mass is 32.1. The van der Waals surface area contributed by atoms with Crippen molar-refractivity contribution in [2.24, 2.45) is 0 Å². The Morgan fingerprint density at radius 3 is 2.23 bits per heavy atom. The van der Waals surface area contributed by atoms with Crippen molar-refractivity contribution in [3.05, 3.63) is 111 Å². The zero-order valence-electron chi connectivity index (χ0n) is 21.8. The molecule has 0 N–H and O–H groups in total. The van der Waals surface area contributed by atoms with Crippen LogP contribution >= 0.6 is 12.2 Å². The normalized spacial score (nSPS) is 14.7. The molecule has 0 bridgehead atoms. The molecule has 2 amide bonds. The first kappa shape index (κ1) is 26.5. The lowest BCUT2D eigenvalue weighted by Crippen LogP contribution is -2.57. The zero-order valence-corrected chi connectivity index (χ0v) is 22.6. The molecule has 200 valence electrons. The monoisotopic (exact) mass is 553 g/mol. The second-order valence-electron chi connectivity index (χ2n) is 9.07. The molecule has 0 saturated carbocycles. The molecule has 0 atom stereocenters. The largest absolute Gasteiger partial charge is 0.497 e. The van der Waals surface area contributed by atoms with E-state index in [-0.39, 0.29) is 33.5 Å². The van der Waals surface area contributed by atoms with Crippen molar-refractivity contribution in [1.29, 1.82) is 0 Å². The summed E-state index contributed by atoms with van der Waals surface area (Å²) >= 11 is 5.67. The highest BCUT2D eigenvalue weighted by molar-refractivity contribution is 7.81. The Labute approximate surface area is 235 Å². The molecule has 1 saturated heterocycles. The zero-order chi connectivity index (χ0) is 28.6. The van der Waals surface area contributed by atoms with Crippen LogP contribution in [0, 0.1) is 24.0 Å². The van der Waals surface area contributed by atoms with Gasteiger partial charge in [-0.1, -0.05) is 24.3 Å². The van der Waals surface area contributed by atoms with Crippen LogP contribution in [0.1, 0.15) is 16.9 Å². The number of carbonyl (C=O) groups is 2. The number of amides is 2. The number of para-hydroxylation sites is 1. The fourth-order valence-corrected chi connectivity index (χ4v) is 4.72. The Hall–Kier alpha value is -5.09. The van der Waals surface area contributed by atoms with Crippen LogP contribution in [-0.4, -0.2) is 29.0 Å². The Kier molecular flexibility index (Phi) is 7.02. The van der Waals surface area contributed by atoms with Crippen LogP contribution in [0.25, 0.3) is 17.4 Å². The number of aryl methyl sites for hydroxylation is 2. The molecule has 1 aromatic heterocycles. The summed E-state index contributed by atoms with van der Waals surface area (Å²) in [5.74, 6) is -0.546. The summed E-state index contributed by atoms with van der Waals surface area (Å²) in [4.78, 5) is 41.3. The number of benzene rings is 3. The first-order chi connectivity index (χ1) is 19.2. The van der Waals surface area contributed by atoms with E-state index < -0.39 is 16.7 Å². The molecule has 0 radical (unpaired) electrons. The molecule has 10 heteroatoms. The van der Waals surface area contributed by atoms with Gasteiger partial charge in [-0.15, -0.1) is 0 Å². The highest BCUT2D eigenvalue weighted by Gasteiger charge is 2.41. The van der Waals surface area contributed by atoms with Gasteiger partial charge >= 0.3 is 0 Å². The molecule has 9 nitrogen and oxygen atoms in total. The Morgan fingerprint density at radius 1 is 0.875 bits per heavy atom. The lowest BCUT2D eigenvalue weighted by atomic mass is 10.1. The number of hydrogen-bond acceptors (Lipinski definition) is 7. The molecular formula is C30H23N3O6S. The molecule has 0 unspecified atom stereocenters. The second-order valence-corrected chi connectivity index (χ2v) is 9.43. The van der Waals surface area contributed by atoms with Crippen molar-refractivity contribution in [3.8, 4) is 17.1 Å². The summed E-state index contributed by atoms with van der Waals surface area (Å²) in [6, 6.07) is 21.8. The van der Waals surface area contributed by atoms with Gasteiger partial charge in [0.2, 0.25) is 0 Å². The standard InChI is InChI=1S/C30H23N3O6S/c1-18-9-10-21(15-19(18)2)32-29(35)25(28(34)31(30(32)40)20-7-5-4-6-8-20)16-23-12-14-27(39-23)24-13-11-22(38-3)17-26(24)33(36)37/h4-17H,1-3H3/b25-16+. The lowest BCUT2D eigenvalue weighted by Gasteiger charge is -2.36. The van der Waals surface area contributed by atoms with Crippen LogP contribution in [0.3, 0.4) is 0 Å². The van der Waals surface area contributed by atoms with Gasteiger partial charge in [-0.05, 0) is 91.8 Å². The van der Waals surface area contributed by atoms with E-state index in [1.807, 2.05) is 32.0 Å². The van der Waals surface area contributed by atoms with Crippen LogP contribution in [0.2, 0.25) is 0 Å². The Morgan fingerprint density at radius 2 is 1.57 bits per heavy atom. The predicted molar refractivity (Wildman–Crippen MR) is 155 cm³/mol. The molecule has 1 aliphatic rings. The first-order valence-corrected chi connectivity index (χ1v) is 12.6. The molecule has 40 heavy (non-hydrogen) atoms. The lowest BCUT2D eigenvalue weighted by molar-refractivity contribution is -0.384. The average Bonchev–Trinajstić information content (AvgIpc) is 3.42. The number of nitrogens with zero attached hydrogens (tertiary/aromatic N) is 3. The highest BCUT2D eigenvalue weighted by Crippen LogP contribution is 2.35. The van der Waals surface area contributed by atoms with Crippen molar-refractivity contribution >= 4 is 52.3 Å². The molecular weight excluding hydrogens is 530 g/mol. The summed E-state index contributed by atoms with van der Waals surface area (Å²) in [6.07, 6.45) is 1.33. The van der Waals surface area contributed by atoms with E-state index in [0.717, 1.165) is 11.1 Å². The van der Waals surface area contributed by atoms with Gasteiger partial charge in [0.25, 0.3) is 17.5 Å². The van der Waals surface area contributed by atoms with Gasteiger partial charge in [-0.25, -0.2) is 0 Å². The SMILES string of the molecule is COc1ccc(-c2ccc(/C=C3\C(=O)N(c4ccccc4)C(=S)N(c4ccc(C)c(C)c4)C3=O)o2)c([N+](=O)[O-])c1. The van der Waals surface area contributed by atoms with Crippen molar-refractivity contribution in [1.82, 2.24) is 0 Å². The van der Waals surface area contributed by atoms with E-state index in [1.54, 1.807) is 42.5 Å². The number of nitro groups is 1. The third-order valence-corrected chi connectivity index (χ3v) is 6.96. The van der Waals surface area contributed by atoms with E-state index in [1.165, 1.54) is 41.2 Å². The topological polar surface area (TPSA) is 106 Å². The number of rotatable bonds is 6. The minimum atomic E-state index is -0.616. The van der Waals surface area contributed by atoms with Gasteiger partial charge in [-0.2, -0.15) is 0 Å². The Bertz CT molecular complexity index is 1710. The maximum Gasteiger partial charge on any atom is 0.284 e. The van der Waals surface area contributed by atoms with E-state index in [2.05, 4.69) is 0 Å².